The Balaban J connectivity index is 2.86. The number of carboxylic acids is 1. The Labute approximate surface area is 108 Å². The van der Waals surface area contributed by atoms with Gasteiger partial charge in [-0.1, -0.05) is 11.6 Å². The molecule has 0 saturated carbocycles. The predicted octanol–water partition coefficient (Wildman–Crippen LogP) is 0.611. The molecule has 1 aromatic carbocycles. The van der Waals surface area contributed by atoms with E-state index >= 15 is 0 Å². The number of hydrogen-bond acceptors (Lipinski definition) is 4. The molecule has 0 aromatic heterocycles. The van der Waals surface area contributed by atoms with Crippen LogP contribution in [0.4, 0.5) is 0 Å². The van der Waals surface area contributed by atoms with Crippen molar-refractivity contribution in [3.8, 4) is 5.75 Å². The quantitative estimate of drug-likeness (QED) is 0.629. The Morgan fingerprint density at radius 2 is 2.06 bits per heavy atom. The summed E-state index contributed by atoms with van der Waals surface area (Å²) in [6.45, 7) is -0.370. The predicted molar refractivity (Wildman–Crippen MR) is 63.7 cm³/mol. The fourth-order valence-electron chi connectivity index (χ4n) is 1.31. The standard InChI is InChI=1S/C11H12ClNO5/c12-8-2-1-6(15)5-7(8)10(16)13-9(3-4-14)11(17)18/h1-2,5,9,14-15H,3-4H2,(H,13,16)(H,17,18)/t9-/m1/s1. The van der Waals surface area contributed by atoms with Gasteiger partial charge in [-0.05, 0) is 18.2 Å². The van der Waals surface area contributed by atoms with Crippen LogP contribution in [0.1, 0.15) is 16.8 Å². The summed E-state index contributed by atoms with van der Waals surface area (Å²) in [5, 5.41) is 29.0. The van der Waals surface area contributed by atoms with Crippen molar-refractivity contribution in [2.75, 3.05) is 6.61 Å². The molecular weight excluding hydrogens is 262 g/mol. The lowest BCUT2D eigenvalue weighted by atomic mass is 10.1. The van der Waals surface area contributed by atoms with Gasteiger partial charge >= 0.3 is 5.97 Å². The summed E-state index contributed by atoms with van der Waals surface area (Å²) in [5.41, 5.74) is -0.0270. The second kappa shape index (κ2) is 6.23. The highest BCUT2D eigenvalue weighted by atomic mass is 35.5. The van der Waals surface area contributed by atoms with Crippen molar-refractivity contribution in [1.29, 1.82) is 0 Å². The van der Waals surface area contributed by atoms with Crippen LogP contribution >= 0.6 is 11.6 Å². The first-order valence-corrected chi connectivity index (χ1v) is 5.46. The normalized spacial score (nSPS) is 11.9. The zero-order valence-corrected chi connectivity index (χ0v) is 10.0. The lowest BCUT2D eigenvalue weighted by Gasteiger charge is -2.13. The van der Waals surface area contributed by atoms with E-state index < -0.39 is 17.9 Å². The Bertz CT molecular complexity index is 463. The summed E-state index contributed by atoms with van der Waals surface area (Å²) in [6.07, 6.45) is -0.114. The molecular formula is C11H12ClNO5. The molecule has 7 heteroatoms. The molecule has 1 amide bonds. The monoisotopic (exact) mass is 273 g/mol. The Hall–Kier alpha value is -1.79. The van der Waals surface area contributed by atoms with Crippen molar-refractivity contribution in [2.45, 2.75) is 12.5 Å². The number of carboxylic acid groups (broad SMARTS) is 1. The number of benzene rings is 1. The van der Waals surface area contributed by atoms with E-state index in [0.29, 0.717) is 0 Å². The maximum absolute atomic E-state index is 11.8. The van der Waals surface area contributed by atoms with E-state index in [0.717, 1.165) is 6.07 Å². The van der Waals surface area contributed by atoms with Gasteiger partial charge in [-0.25, -0.2) is 4.79 Å². The van der Waals surface area contributed by atoms with Gasteiger partial charge < -0.3 is 20.6 Å². The highest BCUT2D eigenvalue weighted by molar-refractivity contribution is 6.33. The molecule has 0 bridgehead atoms. The number of carbonyl (C=O) groups is 2. The molecule has 0 aliphatic rings. The molecule has 18 heavy (non-hydrogen) atoms. The number of phenolic OH excluding ortho intramolecular Hbond substituents is 1. The van der Waals surface area contributed by atoms with Crippen LogP contribution in [0.5, 0.6) is 5.75 Å². The summed E-state index contributed by atoms with van der Waals surface area (Å²) in [4.78, 5) is 22.6. The van der Waals surface area contributed by atoms with E-state index in [-0.39, 0.29) is 29.4 Å². The lowest BCUT2D eigenvalue weighted by molar-refractivity contribution is -0.139. The van der Waals surface area contributed by atoms with Gasteiger partial charge in [-0.2, -0.15) is 0 Å². The minimum absolute atomic E-state index is 0.0270. The number of amides is 1. The summed E-state index contributed by atoms with van der Waals surface area (Å²) in [5.74, 6) is -2.14. The maximum Gasteiger partial charge on any atom is 0.326 e. The number of nitrogens with one attached hydrogen (secondary N) is 1. The average Bonchev–Trinajstić information content (AvgIpc) is 2.31. The van der Waals surface area contributed by atoms with E-state index in [9.17, 15) is 14.7 Å². The van der Waals surface area contributed by atoms with Crippen LogP contribution in [0.3, 0.4) is 0 Å². The number of aliphatic carboxylic acids is 1. The molecule has 4 N–H and O–H groups in total. The van der Waals surface area contributed by atoms with Gasteiger partial charge in [0.2, 0.25) is 0 Å². The molecule has 1 rings (SSSR count). The van der Waals surface area contributed by atoms with Crippen molar-refractivity contribution in [2.24, 2.45) is 0 Å². The van der Waals surface area contributed by atoms with Crippen LogP contribution in [-0.2, 0) is 4.79 Å². The van der Waals surface area contributed by atoms with Crippen molar-refractivity contribution in [1.82, 2.24) is 5.32 Å². The van der Waals surface area contributed by atoms with Gasteiger partial charge in [0.25, 0.3) is 5.91 Å². The van der Waals surface area contributed by atoms with Crippen LogP contribution in [0, 0.1) is 0 Å². The number of hydrogen-bond donors (Lipinski definition) is 4. The number of halogens is 1. The molecule has 6 nitrogen and oxygen atoms in total. The highest BCUT2D eigenvalue weighted by Gasteiger charge is 2.21. The molecule has 0 unspecified atom stereocenters. The van der Waals surface area contributed by atoms with Gasteiger partial charge in [0.15, 0.2) is 0 Å². The smallest absolute Gasteiger partial charge is 0.326 e. The molecule has 0 heterocycles. The number of rotatable bonds is 5. The largest absolute Gasteiger partial charge is 0.508 e. The zero-order valence-electron chi connectivity index (χ0n) is 9.26. The number of carbonyl (C=O) groups excluding carboxylic acids is 1. The molecule has 98 valence electrons. The lowest BCUT2D eigenvalue weighted by Crippen LogP contribution is -2.41. The number of aliphatic hydroxyl groups excluding tert-OH is 1. The Morgan fingerprint density at radius 1 is 1.39 bits per heavy atom. The van der Waals surface area contributed by atoms with Gasteiger partial charge in [0.05, 0.1) is 10.6 Å². The molecule has 0 aliphatic carbocycles. The molecule has 1 aromatic rings. The van der Waals surface area contributed by atoms with Crippen LogP contribution in [-0.4, -0.2) is 39.8 Å². The van der Waals surface area contributed by atoms with Crippen LogP contribution < -0.4 is 5.32 Å². The zero-order chi connectivity index (χ0) is 13.7. The van der Waals surface area contributed by atoms with E-state index in [1.165, 1.54) is 12.1 Å². The first kappa shape index (κ1) is 14.3. The van der Waals surface area contributed by atoms with Crippen LogP contribution in [0.25, 0.3) is 0 Å². The molecule has 0 aliphatic heterocycles. The van der Waals surface area contributed by atoms with E-state index in [2.05, 4.69) is 5.32 Å². The number of aliphatic hydroxyl groups is 1. The van der Waals surface area contributed by atoms with Crippen LogP contribution in [0.15, 0.2) is 18.2 Å². The van der Waals surface area contributed by atoms with Crippen molar-refractivity contribution in [3.63, 3.8) is 0 Å². The fourth-order valence-corrected chi connectivity index (χ4v) is 1.51. The van der Waals surface area contributed by atoms with Crippen molar-refractivity contribution < 1.29 is 24.9 Å². The maximum atomic E-state index is 11.8. The molecule has 0 fully saturated rings. The second-order valence-electron chi connectivity index (χ2n) is 3.54. The number of aromatic hydroxyl groups is 1. The SMILES string of the molecule is O=C(N[C@H](CCO)C(=O)O)c1cc(O)ccc1Cl. The minimum atomic E-state index is -1.26. The van der Waals surface area contributed by atoms with Gasteiger partial charge in [0, 0.05) is 13.0 Å². The van der Waals surface area contributed by atoms with Crippen LogP contribution in [0.2, 0.25) is 5.02 Å². The molecule has 0 saturated heterocycles. The minimum Gasteiger partial charge on any atom is -0.508 e. The van der Waals surface area contributed by atoms with E-state index in [1.54, 1.807) is 0 Å². The summed E-state index contributed by atoms with van der Waals surface area (Å²) in [6, 6.07) is 2.56. The molecule has 0 spiro atoms. The van der Waals surface area contributed by atoms with Crippen molar-refractivity contribution >= 4 is 23.5 Å². The third-order valence-electron chi connectivity index (χ3n) is 2.22. The molecule has 1 atom stereocenters. The van der Waals surface area contributed by atoms with Crippen molar-refractivity contribution in [3.05, 3.63) is 28.8 Å². The Kier molecular flexibility index (Phi) is 4.94. The first-order valence-electron chi connectivity index (χ1n) is 5.08. The summed E-state index contributed by atoms with van der Waals surface area (Å²) >= 11 is 5.76. The average molecular weight is 274 g/mol. The first-order chi connectivity index (χ1) is 8.45. The van der Waals surface area contributed by atoms with Gasteiger partial charge in [0.1, 0.15) is 11.8 Å². The highest BCUT2D eigenvalue weighted by Crippen LogP contribution is 2.21. The summed E-state index contributed by atoms with van der Waals surface area (Å²) < 4.78 is 0. The molecule has 0 radical (unpaired) electrons. The third kappa shape index (κ3) is 3.61. The van der Waals surface area contributed by atoms with Gasteiger partial charge in [-0.3, -0.25) is 4.79 Å². The summed E-state index contributed by atoms with van der Waals surface area (Å²) in [7, 11) is 0. The Morgan fingerprint density at radius 3 is 2.61 bits per heavy atom. The van der Waals surface area contributed by atoms with E-state index in [4.69, 9.17) is 21.8 Å². The number of phenols is 1. The fraction of sp³-hybridized carbons (Fsp3) is 0.273. The third-order valence-corrected chi connectivity index (χ3v) is 2.55. The van der Waals surface area contributed by atoms with Gasteiger partial charge in [-0.15, -0.1) is 0 Å². The topological polar surface area (TPSA) is 107 Å². The van der Waals surface area contributed by atoms with E-state index in [1.807, 2.05) is 0 Å². The second-order valence-corrected chi connectivity index (χ2v) is 3.95.